The summed E-state index contributed by atoms with van der Waals surface area (Å²) in [6.07, 6.45) is 0. The van der Waals surface area contributed by atoms with E-state index in [2.05, 4.69) is 5.10 Å². The van der Waals surface area contributed by atoms with Gasteiger partial charge in [-0.15, -0.1) is 0 Å². The average molecular weight is 360 g/mol. The second kappa shape index (κ2) is 8.80. The van der Waals surface area contributed by atoms with E-state index in [1.165, 1.54) is 6.07 Å². The number of ether oxygens (including phenoxy) is 3. The lowest BCUT2D eigenvalue weighted by atomic mass is 10.1. The molecule has 0 radical (unpaired) electrons. The van der Waals surface area contributed by atoms with Crippen molar-refractivity contribution in [3.8, 4) is 17.0 Å². The molecule has 138 valence electrons. The number of carbonyl (C=O) groups excluding carboxylic acids is 2. The molecule has 0 aliphatic heterocycles. The molecule has 2 rings (SSSR count). The summed E-state index contributed by atoms with van der Waals surface area (Å²) in [5.74, 6) is -0.740. The molecule has 1 heterocycles. The van der Waals surface area contributed by atoms with Crippen LogP contribution in [0.2, 0.25) is 0 Å². The quantitative estimate of drug-likeness (QED) is 0.693. The average Bonchev–Trinajstić information content (AvgIpc) is 2.64. The predicted molar refractivity (Wildman–Crippen MR) is 93.1 cm³/mol. The monoisotopic (exact) mass is 360 g/mol. The number of rotatable bonds is 7. The Morgan fingerprint density at radius 2 is 1.73 bits per heavy atom. The minimum atomic E-state index is -0.771. The summed E-state index contributed by atoms with van der Waals surface area (Å²) >= 11 is 0. The number of benzene rings is 1. The van der Waals surface area contributed by atoms with Gasteiger partial charge >= 0.3 is 11.9 Å². The maximum absolute atomic E-state index is 12.5. The number of methoxy groups -OCH3 is 1. The summed E-state index contributed by atoms with van der Waals surface area (Å²) in [5, 5.41) is 4.18. The van der Waals surface area contributed by atoms with Gasteiger partial charge in [0.25, 0.3) is 5.56 Å². The van der Waals surface area contributed by atoms with Crippen LogP contribution in [-0.2, 0) is 20.8 Å². The van der Waals surface area contributed by atoms with Crippen LogP contribution in [0.3, 0.4) is 0 Å². The molecule has 0 saturated carbocycles. The highest BCUT2D eigenvalue weighted by Crippen LogP contribution is 2.20. The number of nitrogens with zero attached hydrogens (tertiary/aromatic N) is 2. The highest BCUT2D eigenvalue weighted by molar-refractivity contribution is 5.90. The number of hydrogen-bond donors (Lipinski definition) is 0. The number of carbonyl (C=O) groups is 2. The number of hydrogen-bond acceptors (Lipinski definition) is 7. The fraction of sp³-hybridized carbons (Fsp3) is 0.333. The Labute approximate surface area is 150 Å². The van der Waals surface area contributed by atoms with Gasteiger partial charge in [0.05, 0.1) is 26.0 Å². The Bertz CT molecular complexity index is 842. The van der Waals surface area contributed by atoms with Gasteiger partial charge in [-0.1, -0.05) is 0 Å². The summed E-state index contributed by atoms with van der Waals surface area (Å²) < 4.78 is 15.8. The third-order valence-corrected chi connectivity index (χ3v) is 3.44. The predicted octanol–water partition coefficient (Wildman–Crippen LogP) is 1.66. The summed E-state index contributed by atoms with van der Waals surface area (Å²) in [6.45, 7) is 3.20. The summed E-state index contributed by atoms with van der Waals surface area (Å²) in [7, 11) is 1.55. The van der Waals surface area contributed by atoms with Crippen LogP contribution in [0.5, 0.6) is 5.75 Å². The van der Waals surface area contributed by atoms with Gasteiger partial charge in [-0.2, -0.15) is 5.10 Å². The van der Waals surface area contributed by atoms with E-state index in [-0.39, 0.29) is 18.8 Å². The van der Waals surface area contributed by atoms with Gasteiger partial charge in [0.15, 0.2) is 0 Å². The van der Waals surface area contributed by atoms with E-state index in [1.54, 1.807) is 45.2 Å². The van der Waals surface area contributed by atoms with Crippen molar-refractivity contribution in [3.05, 3.63) is 46.2 Å². The van der Waals surface area contributed by atoms with Crippen molar-refractivity contribution in [2.75, 3.05) is 20.3 Å². The molecule has 0 atom stereocenters. The molecule has 0 spiro atoms. The van der Waals surface area contributed by atoms with Crippen LogP contribution < -0.4 is 10.3 Å². The van der Waals surface area contributed by atoms with E-state index in [4.69, 9.17) is 14.2 Å². The third-order valence-electron chi connectivity index (χ3n) is 3.44. The Balaban J connectivity index is 2.52. The van der Waals surface area contributed by atoms with Gasteiger partial charge in [0.1, 0.15) is 17.9 Å². The first kappa shape index (κ1) is 19.2. The molecule has 0 amide bonds. The SMILES string of the molecule is CCOC(=O)Cn1nc(-c2ccc(OC)cc2)cc(C(=O)OCC)c1=O. The van der Waals surface area contributed by atoms with Gasteiger partial charge in [0.2, 0.25) is 0 Å². The lowest BCUT2D eigenvalue weighted by Gasteiger charge is -2.10. The molecule has 0 N–H and O–H groups in total. The normalized spacial score (nSPS) is 10.3. The summed E-state index contributed by atoms with van der Waals surface area (Å²) in [6, 6.07) is 8.26. The van der Waals surface area contributed by atoms with Crippen molar-refractivity contribution in [2.24, 2.45) is 0 Å². The highest BCUT2D eigenvalue weighted by atomic mass is 16.5. The van der Waals surface area contributed by atoms with Crippen LogP contribution >= 0.6 is 0 Å². The standard InChI is InChI=1S/C18H20N2O6/c1-4-25-16(21)11-20-17(22)14(18(23)26-5-2)10-15(19-20)12-6-8-13(24-3)9-7-12/h6-10H,4-5,11H2,1-3H3. The van der Waals surface area contributed by atoms with E-state index < -0.39 is 24.0 Å². The van der Waals surface area contributed by atoms with E-state index in [1.807, 2.05) is 0 Å². The Morgan fingerprint density at radius 3 is 2.31 bits per heavy atom. The first-order chi connectivity index (χ1) is 12.5. The van der Waals surface area contributed by atoms with E-state index in [0.717, 1.165) is 4.68 Å². The highest BCUT2D eigenvalue weighted by Gasteiger charge is 2.19. The van der Waals surface area contributed by atoms with Crippen molar-refractivity contribution >= 4 is 11.9 Å². The van der Waals surface area contributed by atoms with E-state index in [0.29, 0.717) is 17.0 Å². The zero-order valence-corrected chi connectivity index (χ0v) is 14.9. The van der Waals surface area contributed by atoms with Crippen LogP contribution in [0.15, 0.2) is 35.1 Å². The topological polar surface area (TPSA) is 96.7 Å². The van der Waals surface area contributed by atoms with Crippen LogP contribution in [0.1, 0.15) is 24.2 Å². The lowest BCUT2D eigenvalue weighted by molar-refractivity contribution is -0.144. The Morgan fingerprint density at radius 1 is 1.08 bits per heavy atom. The number of esters is 2. The molecule has 0 bridgehead atoms. The van der Waals surface area contributed by atoms with Gasteiger partial charge in [0, 0.05) is 5.56 Å². The maximum atomic E-state index is 12.5. The lowest BCUT2D eigenvalue weighted by Crippen LogP contribution is -2.32. The Hall–Kier alpha value is -3.16. The summed E-state index contributed by atoms with van der Waals surface area (Å²) in [4.78, 5) is 36.3. The molecule has 0 saturated heterocycles. The number of aromatic nitrogens is 2. The fourth-order valence-electron chi connectivity index (χ4n) is 2.24. The molecule has 0 aliphatic carbocycles. The largest absolute Gasteiger partial charge is 0.497 e. The van der Waals surface area contributed by atoms with Crippen molar-refractivity contribution in [1.29, 1.82) is 0 Å². The molecule has 26 heavy (non-hydrogen) atoms. The van der Waals surface area contributed by atoms with Gasteiger partial charge in [-0.3, -0.25) is 9.59 Å². The minimum absolute atomic E-state index is 0.121. The van der Waals surface area contributed by atoms with Crippen molar-refractivity contribution in [2.45, 2.75) is 20.4 Å². The smallest absolute Gasteiger partial charge is 0.343 e. The third kappa shape index (κ3) is 4.47. The minimum Gasteiger partial charge on any atom is -0.497 e. The molecule has 0 unspecified atom stereocenters. The van der Waals surface area contributed by atoms with Crippen LogP contribution in [0.4, 0.5) is 0 Å². The first-order valence-corrected chi connectivity index (χ1v) is 8.09. The molecule has 0 aliphatic rings. The fourth-order valence-corrected chi connectivity index (χ4v) is 2.24. The molecular weight excluding hydrogens is 340 g/mol. The maximum Gasteiger partial charge on any atom is 0.343 e. The molecule has 1 aromatic heterocycles. The summed E-state index contributed by atoms with van der Waals surface area (Å²) in [5.41, 5.74) is 0.0827. The second-order valence-corrected chi connectivity index (χ2v) is 5.16. The van der Waals surface area contributed by atoms with E-state index in [9.17, 15) is 14.4 Å². The molecule has 8 nitrogen and oxygen atoms in total. The van der Waals surface area contributed by atoms with Gasteiger partial charge < -0.3 is 14.2 Å². The van der Waals surface area contributed by atoms with Crippen LogP contribution in [-0.4, -0.2) is 42.0 Å². The zero-order valence-electron chi connectivity index (χ0n) is 14.9. The molecule has 1 aromatic carbocycles. The Kier molecular flexibility index (Phi) is 6.48. The molecule has 8 heteroatoms. The van der Waals surface area contributed by atoms with Crippen molar-refractivity contribution in [1.82, 2.24) is 9.78 Å². The van der Waals surface area contributed by atoms with Crippen molar-refractivity contribution < 1.29 is 23.8 Å². The van der Waals surface area contributed by atoms with E-state index >= 15 is 0 Å². The zero-order chi connectivity index (χ0) is 19.1. The van der Waals surface area contributed by atoms with Gasteiger partial charge in [-0.25, -0.2) is 9.48 Å². The molecule has 2 aromatic rings. The van der Waals surface area contributed by atoms with Gasteiger partial charge in [-0.05, 0) is 44.2 Å². The van der Waals surface area contributed by atoms with Crippen LogP contribution in [0, 0.1) is 0 Å². The first-order valence-electron chi connectivity index (χ1n) is 8.09. The molecular formula is C18H20N2O6. The second-order valence-electron chi connectivity index (χ2n) is 5.16. The van der Waals surface area contributed by atoms with Crippen molar-refractivity contribution in [3.63, 3.8) is 0 Å². The van der Waals surface area contributed by atoms with Crippen LogP contribution in [0.25, 0.3) is 11.3 Å². The molecule has 0 fully saturated rings.